The fourth-order valence-electron chi connectivity index (χ4n) is 2.94. The summed E-state index contributed by atoms with van der Waals surface area (Å²) < 4.78 is 2.12. The summed E-state index contributed by atoms with van der Waals surface area (Å²) in [7, 11) is 3.51. The number of fused-ring (bicyclic) bond motifs is 1. The number of urea groups is 1. The first kappa shape index (κ1) is 16.0. The van der Waals surface area contributed by atoms with Crippen LogP contribution in [0.1, 0.15) is 23.7 Å². The second-order valence-corrected chi connectivity index (χ2v) is 6.92. The van der Waals surface area contributed by atoms with Gasteiger partial charge in [-0.25, -0.2) is 4.79 Å². The minimum absolute atomic E-state index is 0.0448. The first-order valence-corrected chi connectivity index (χ1v) is 8.78. The van der Waals surface area contributed by atoms with Crippen LogP contribution in [0, 0.1) is 0 Å². The SMILES string of the molecule is CN(C)C(=O)NCC[C@@H]1CN(Cc2ccsc2)Cc2ccnn21. The van der Waals surface area contributed by atoms with Gasteiger partial charge in [-0.05, 0) is 34.9 Å². The van der Waals surface area contributed by atoms with Crippen molar-refractivity contribution in [2.75, 3.05) is 27.2 Å². The molecule has 0 fully saturated rings. The van der Waals surface area contributed by atoms with Crippen LogP contribution >= 0.6 is 11.3 Å². The Bertz CT molecular complexity index is 637. The molecule has 0 unspecified atom stereocenters. The van der Waals surface area contributed by atoms with Crippen molar-refractivity contribution in [2.24, 2.45) is 0 Å². The molecule has 2 aromatic rings. The molecular weight excluding hydrogens is 310 g/mol. The van der Waals surface area contributed by atoms with E-state index in [-0.39, 0.29) is 6.03 Å². The zero-order chi connectivity index (χ0) is 16.2. The number of rotatable bonds is 5. The van der Waals surface area contributed by atoms with Crippen LogP contribution in [0.2, 0.25) is 0 Å². The van der Waals surface area contributed by atoms with Crippen LogP contribution < -0.4 is 5.32 Å². The number of amides is 2. The lowest BCUT2D eigenvalue weighted by atomic mass is 10.1. The Balaban J connectivity index is 1.61. The number of nitrogens with zero attached hydrogens (tertiary/aromatic N) is 4. The van der Waals surface area contributed by atoms with Crippen molar-refractivity contribution < 1.29 is 4.79 Å². The maximum atomic E-state index is 11.6. The Hall–Kier alpha value is -1.86. The highest BCUT2D eigenvalue weighted by Gasteiger charge is 2.25. The van der Waals surface area contributed by atoms with Crippen LogP contribution in [0.4, 0.5) is 4.79 Å². The van der Waals surface area contributed by atoms with Crippen LogP contribution in [-0.4, -0.2) is 52.8 Å². The number of aromatic nitrogens is 2. The highest BCUT2D eigenvalue weighted by molar-refractivity contribution is 7.07. The van der Waals surface area contributed by atoms with Gasteiger partial charge in [0.15, 0.2) is 0 Å². The molecule has 23 heavy (non-hydrogen) atoms. The predicted octanol–water partition coefficient (Wildman–Crippen LogP) is 2.16. The Morgan fingerprint density at radius 3 is 3.09 bits per heavy atom. The van der Waals surface area contributed by atoms with E-state index in [9.17, 15) is 4.79 Å². The molecule has 0 spiro atoms. The molecule has 0 saturated heterocycles. The second kappa shape index (κ2) is 7.14. The monoisotopic (exact) mass is 333 g/mol. The Morgan fingerprint density at radius 1 is 1.48 bits per heavy atom. The summed E-state index contributed by atoms with van der Waals surface area (Å²) >= 11 is 1.74. The molecule has 0 saturated carbocycles. The lowest BCUT2D eigenvalue weighted by Gasteiger charge is -2.34. The van der Waals surface area contributed by atoms with E-state index in [0.717, 1.165) is 26.1 Å². The Kier molecular flexibility index (Phi) is 4.97. The fourth-order valence-corrected chi connectivity index (χ4v) is 3.60. The van der Waals surface area contributed by atoms with E-state index in [1.165, 1.54) is 11.3 Å². The zero-order valence-corrected chi connectivity index (χ0v) is 14.4. The molecule has 6 nitrogen and oxygen atoms in total. The standard InChI is InChI=1S/C16H23N5OS/c1-19(2)16(22)17-6-3-14-10-20(9-13-5-8-23-12-13)11-15-4-7-18-21(14)15/h4-5,7-8,12,14H,3,6,9-11H2,1-2H3,(H,17,22)/t14-/m1/s1. The molecule has 0 bridgehead atoms. The first-order valence-electron chi connectivity index (χ1n) is 7.84. The lowest BCUT2D eigenvalue weighted by molar-refractivity contribution is 0.160. The van der Waals surface area contributed by atoms with Gasteiger partial charge >= 0.3 is 6.03 Å². The topological polar surface area (TPSA) is 53.4 Å². The first-order chi connectivity index (χ1) is 11.1. The van der Waals surface area contributed by atoms with Gasteiger partial charge in [-0.2, -0.15) is 16.4 Å². The summed E-state index contributed by atoms with van der Waals surface area (Å²) in [6, 6.07) is 4.53. The molecule has 2 amide bonds. The second-order valence-electron chi connectivity index (χ2n) is 6.14. The molecule has 0 radical (unpaired) electrons. The number of hydrogen-bond acceptors (Lipinski definition) is 4. The van der Waals surface area contributed by atoms with Crippen LogP contribution in [0.5, 0.6) is 0 Å². The maximum absolute atomic E-state index is 11.6. The minimum atomic E-state index is -0.0448. The highest BCUT2D eigenvalue weighted by Crippen LogP contribution is 2.24. The molecule has 3 rings (SSSR count). The third-order valence-corrected chi connectivity index (χ3v) is 4.83. The van der Waals surface area contributed by atoms with Gasteiger partial charge in [-0.15, -0.1) is 0 Å². The summed E-state index contributed by atoms with van der Waals surface area (Å²) in [6.07, 6.45) is 2.75. The van der Waals surface area contributed by atoms with Gasteiger partial charge in [0.25, 0.3) is 0 Å². The third kappa shape index (κ3) is 3.92. The highest BCUT2D eigenvalue weighted by atomic mass is 32.1. The quantitative estimate of drug-likeness (QED) is 0.912. The van der Waals surface area contributed by atoms with Crippen LogP contribution in [0.25, 0.3) is 0 Å². The van der Waals surface area contributed by atoms with E-state index >= 15 is 0 Å². The fraction of sp³-hybridized carbons (Fsp3) is 0.500. The zero-order valence-electron chi connectivity index (χ0n) is 13.6. The van der Waals surface area contributed by atoms with Gasteiger partial charge < -0.3 is 10.2 Å². The van der Waals surface area contributed by atoms with Crippen molar-refractivity contribution in [2.45, 2.75) is 25.6 Å². The molecule has 0 aliphatic carbocycles. The van der Waals surface area contributed by atoms with Crippen molar-refractivity contribution in [3.05, 3.63) is 40.3 Å². The Morgan fingerprint density at radius 2 is 2.35 bits per heavy atom. The van der Waals surface area contributed by atoms with Gasteiger partial charge in [0, 0.05) is 46.5 Å². The molecule has 1 aliphatic heterocycles. The average molecular weight is 333 g/mol. The summed E-state index contributed by atoms with van der Waals surface area (Å²) in [4.78, 5) is 15.7. The number of hydrogen-bond donors (Lipinski definition) is 1. The molecule has 124 valence electrons. The van der Waals surface area contributed by atoms with Crippen molar-refractivity contribution >= 4 is 17.4 Å². The van der Waals surface area contributed by atoms with Crippen molar-refractivity contribution in [1.29, 1.82) is 0 Å². The summed E-state index contributed by atoms with van der Waals surface area (Å²) in [5, 5.41) is 11.7. The van der Waals surface area contributed by atoms with E-state index in [1.54, 1.807) is 30.3 Å². The Labute approximate surface area is 140 Å². The van der Waals surface area contributed by atoms with Crippen molar-refractivity contribution in [3.63, 3.8) is 0 Å². The van der Waals surface area contributed by atoms with Gasteiger partial charge in [-0.3, -0.25) is 9.58 Å². The molecule has 1 aliphatic rings. The average Bonchev–Trinajstić information content (AvgIpc) is 3.18. The van der Waals surface area contributed by atoms with E-state index in [0.29, 0.717) is 12.6 Å². The van der Waals surface area contributed by atoms with Crippen LogP contribution in [-0.2, 0) is 13.1 Å². The van der Waals surface area contributed by atoms with Crippen molar-refractivity contribution in [1.82, 2.24) is 24.9 Å². The van der Waals surface area contributed by atoms with Gasteiger partial charge in [-0.1, -0.05) is 0 Å². The van der Waals surface area contributed by atoms with Gasteiger partial charge in [0.1, 0.15) is 0 Å². The predicted molar refractivity (Wildman–Crippen MR) is 91.4 cm³/mol. The third-order valence-electron chi connectivity index (χ3n) is 4.10. The number of thiophene rings is 1. The van der Waals surface area contributed by atoms with E-state index in [1.807, 2.05) is 6.20 Å². The largest absolute Gasteiger partial charge is 0.338 e. The lowest BCUT2D eigenvalue weighted by Crippen LogP contribution is -2.40. The van der Waals surface area contributed by atoms with Crippen LogP contribution in [0.3, 0.4) is 0 Å². The number of nitrogens with one attached hydrogen (secondary N) is 1. The summed E-state index contributed by atoms with van der Waals surface area (Å²) in [5.41, 5.74) is 2.61. The molecule has 1 atom stereocenters. The van der Waals surface area contributed by atoms with Gasteiger partial charge in [0.05, 0.1) is 11.7 Å². The molecule has 2 aromatic heterocycles. The van der Waals surface area contributed by atoms with E-state index < -0.39 is 0 Å². The maximum Gasteiger partial charge on any atom is 0.316 e. The number of carbonyl (C=O) groups is 1. The van der Waals surface area contributed by atoms with Crippen LogP contribution in [0.15, 0.2) is 29.1 Å². The minimum Gasteiger partial charge on any atom is -0.338 e. The normalized spacial score (nSPS) is 17.7. The summed E-state index contributed by atoms with van der Waals surface area (Å²) in [5.74, 6) is 0. The smallest absolute Gasteiger partial charge is 0.316 e. The molecule has 1 N–H and O–H groups in total. The van der Waals surface area contributed by atoms with Crippen molar-refractivity contribution in [3.8, 4) is 0 Å². The molecule has 7 heteroatoms. The van der Waals surface area contributed by atoms with E-state index in [4.69, 9.17) is 0 Å². The summed E-state index contributed by atoms with van der Waals surface area (Å²) in [6.45, 7) is 3.52. The molecule has 0 aromatic carbocycles. The number of carbonyl (C=O) groups excluding carboxylic acids is 1. The van der Waals surface area contributed by atoms with E-state index in [2.05, 4.69) is 42.9 Å². The van der Waals surface area contributed by atoms with Gasteiger partial charge in [0.2, 0.25) is 0 Å². The molecule has 3 heterocycles. The molecular formula is C16H23N5OS.